The van der Waals surface area contributed by atoms with E-state index in [4.69, 9.17) is 4.63 Å². The molecule has 7 nitrogen and oxygen atoms in total. The number of rotatable bonds is 3. The molecule has 0 atom stereocenters. The van der Waals surface area contributed by atoms with E-state index in [9.17, 15) is 4.79 Å². The number of amides is 1. The highest BCUT2D eigenvalue weighted by atomic mass is 16.6. The Morgan fingerprint density at radius 2 is 2.15 bits per heavy atom. The third kappa shape index (κ3) is 1.93. The average Bonchev–Trinajstić information content (AvgIpc) is 3.00. The zero-order valence-corrected chi connectivity index (χ0v) is 11.1. The number of carbonyl (C=O) groups excluding carboxylic acids is 1. The second kappa shape index (κ2) is 4.76. The summed E-state index contributed by atoms with van der Waals surface area (Å²) in [5, 5.41) is 10.2. The third-order valence-corrected chi connectivity index (χ3v) is 2.97. The van der Waals surface area contributed by atoms with Gasteiger partial charge in [0, 0.05) is 13.5 Å². The van der Waals surface area contributed by atoms with E-state index in [2.05, 4.69) is 20.6 Å². The standard InChI is InChI=1S/C13H13N5O2/c1-3-18-10-7-5-4-6-9(10)15-13(18)11-12(14-8(2)19)17-20-16-11/h4-7H,3H2,1-2H3,(H,14,17,19). The van der Waals surface area contributed by atoms with Crippen LogP contribution < -0.4 is 5.32 Å². The number of fused-ring (bicyclic) bond motifs is 1. The molecule has 0 bridgehead atoms. The van der Waals surface area contributed by atoms with Crippen LogP contribution in [0.5, 0.6) is 0 Å². The molecule has 3 rings (SSSR count). The molecule has 0 spiro atoms. The van der Waals surface area contributed by atoms with E-state index >= 15 is 0 Å². The number of carbonyl (C=O) groups is 1. The van der Waals surface area contributed by atoms with Gasteiger partial charge in [0.05, 0.1) is 11.0 Å². The fourth-order valence-corrected chi connectivity index (χ4v) is 2.16. The Balaban J connectivity index is 2.19. The maximum Gasteiger partial charge on any atom is 0.222 e. The summed E-state index contributed by atoms with van der Waals surface area (Å²) in [4.78, 5) is 15.7. The number of aromatic nitrogens is 4. The lowest BCUT2D eigenvalue weighted by Crippen LogP contribution is -2.08. The smallest absolute Gasteiger partial charge is 0.222 e. The van der Waals surface area contributed by atoms with E-state index in [-0.39, 0.29) is 11.7 Å². The molecular weight excluding hydrogens is 258 g/mol. The first kappa shape index (κ1) is 12.3. The van der Waals surface area contributed by atoms with Crippen molar-refractivity contribution in [1.82, 2.24) is 19.9 Å². The fourth-order valence-electron chi connectivity index (χ4n) is 2.16. The highest BCUT2D eigenvalue weighted by Crippen LogP contribution is 2.27. The van der Waals surface area contributed by atoms with Crippen LogP contribution in [0.4, 0.5) is 5.82 Å². The summed E-state index contributed by atoms with van der Waals surface area (Å²) in [6, 6.07) is 7.79. The summed E-state index contributed by atoms with van der Waals surface area (Å²) in [6.07, 6.45) is 0. The first-order valence-electron chi connectivity index (χ1n) is 6.26. The summed E-state index contributed by atoms with van der Waals surface area (Å²) in [7, 11) is 0. The van der Waals surface area contributed by atoms with Gasteiger partial charge in [0.2, 0.25) is 11.7 Å². The number of nitrogens with one attached hydrogen (secondary N) is 1. The number of imidazole rings is 1. The Labute approximate surface area is 114 Å². The Morgan fingerprint density at radius 3 is 2.90 bits per heavy atom. The lowest BCUT2D eigenvalue weighted by atomic mass is 10.3. The largest absolute Gasteiger partial charge is 0.323 e. The summed E-state index contributed by atoms with van der Waals surface area (Å²) in [5.74, 6) is 0.669. The van der Waals surface area contributed by atoms with Gasteiger partial charge in [0.15, 0.2) is 11.5 Å². The van der Waals surface area contributed by atoms with Gasteiger partial charge in [-0.3, -0.25) is 4.79 Å². The van der Waals surface area contributed by atoms with Crippen molar-refractivity contribution in [2.45, 2.75) is 20.4 Å². The van der Waals surface area contributed by atoms with Gasteiger partial charge in [-0.15, -0.1) is 0 Å². The van der Waals surface area contributed by atoms with Crippen molar-refractivity contribution in [3.05, 3.63) is 24.3 Å². The van der Waals surface area contributed by atoms with Crippen molar-refractivity contribution in [2.75, 3.05) is 5.32 Å². The van der Waals surface area contributed by atoms with Crippen LogP contribution in [0.3, 0.4) is 0 Å². The van der Waals surface area contributed by atoms with Crippen LogP contribution >= 0.6 is 0 Å². The maximum absolute atomic E-state index is 11.2. The van der Waals surface area contributed by atoms with E-state index in [0.29, 0.717) is 11.5 Å². The van der Waals surface area contributed by atoms with Gasteiger partial charge in [-0.05, 0) is 29.4 Å². The molecule has 0 saturated carbocycles. The van der Waals surface area contributed by atoms with Crippen LogP contribution in [-0.2, 0) is 11.3 Å². The molecule has 1 aromatic carbocycles. The molecule has 0 aliphatic heterocycles. The summed E-state index contributed by atoms with van der Waals surface area (Å²) < 4.78 is 6.73. The zero-order chi connectivity index (χ0) is 14.1. The molecule has 0 fully saturated rings. The van der Waals surface area contributed by atoms with Crippen LogP contribution in [-0.4, -0.2) is 25.8 Å². The monoisotopic (exact) mass is 271 g/mol. The van der Waals surface area contributed by atoms with E-state index < -0.39 is 0 Å². The van der Waals surface area contributed by atoms with Gasteiger partial charge in [-0.1, -0.05) is 12.1 Å². The molecule has 2 heterocycles. The minimum Gasteiger partial charge on any atom is -0.323 e. The summed E-state index contributed by atoms with van der Waals surface area (Å²) in [5.41, 5.74) is 2.29. The van der Waals surface area contributed by atoms with Crippen LogP contribution in [0, 0.1) is 0 Å². The molecule has 0 unspecified atom stereocenters. The Bertz CT molecular complexity index is 774. The molecule has 1 N–H and O–H groups in total. The van der Waals surface area contributed by atoms with Gasteiger partial charge in [-0.2, -0.15) is 0 Å². The quantitative estimate of drug-likeness (QED) is 0.788. The lowest BCUT2D eigenvalue weighted by molar-refractivity contribution is -0.114. The van der Waals surface area contributed by atoms with Crippen molar-refractivity contribution >= 4 is 22.8 Å². The van der Waals surface area contributed by atoms with Crippen LogP contribution in [0.25, 0.3) is 22.6 Å². The number of benzene rings is 1. The number of hydrogen-bond acceptors (Lipinski definition) is 5. The third-order valence-electron chi connectivity index (χ3n) is 2.97. The van der Waals surface area contributed by atoms with Gasteiger partial charge < -0.3 is 9.88 Å². The van der Waals surface area contributed by atoms with Crippen LogP contribution in [0.2, 0.25) is 0 Å². The molecule has 0 saturated heterocycles. The average molecular weight is 271 g/mol. The second-order valence-corrected chi connectivity index (χ2v) is 4.31. The van der Waals surface area contributed by atoms with E-state index in [1.54, 1.807) is 0 Å². The SMILES string of the molecule is CCn1c(-c2nonc2NC(C)=O)nc2ccccc21. The van der Waals surface area contributed by atoms with Crippen molar-refractivity contribution in [3.8, 4) is 11.5 Å². The van der Waals surface area contributed by atoms with Crippen molar-refractivity contribution in [1.29, 1.82) is 0 Å². The number of para-hydroxylation sites is 2. The fraction of sp³-hybridized carbons (Fsp3) is 0.231. The first-order valence-corrected chi connectivity index (χ1v) is 6.26. The van der Waals surface area contributed by atoms with E-state index in [0.717, 1.165) is 17.6 Å². The minimum absolute atomic E-state index is 0.235. The molecule has 3 aromatic rings. The lowest BCUT2D eigenvalue weighted by Gasteiger charge is -2.04. The molecule has 102 valence electrons. The number of aryl methyl sites for hydroxylation is 1. The van der Waals surface area contributed by atoms with Gasteiger partial charge in [-0.25, -0.2) is 9.61 Å². The van der Waals surface area contributed by atoms with Crippen molar-refractivity contribution in [3.63, 3.8) is 0 Å². The second-order valence-electron chi connectivity index (χ2n) is 4.31. The normalized spacial score (nSPS) is 10.9. The molecular formula is C13H13N5O2. The zero-order valence-electron chi connectivity index (χ0n) is 11.1. The Hall–Kier alpha value is -2.70. The molecule has 0 radical (unpaired) electrons. The molecule has 20 heavy (non-hydrogen) atoms. The van der Waals surface area contributed by atoms with Gasteiger partial charge in [0.1, 0.15) is 0 Å². The van der Waals surface area contributed by atoms with Crippen molar-refractivity contribution < 1.29 is 9.42 Å². The Kier molecular flexibility index (Phi) is 2.94. The predicted octanol–water partition coefficient (Wildman–Crippen LogP) is 2.06. The van der Waals surface area contributed by atoms with E-state index in [1.807, 2.05) is 35.8 Å². The van der Waals surface area contributed by atoms with Crippen LogP contribution in [0.15, 0.2) is 28.9 Å². The van der Waals surface area contributed by atoms with Gasteiger partial charge in [0.25, 0.3) is 0 Å². The maximum atomic E-state index is 11.2. The highest BCUT2D eigenvalue weighted by Gasteiger charge is 2.20. The summed E-state index contributed by atoms with van der Waals surface area (Å²) >= 11 is 0. The predicted molar refractivity (Wildman–Crippen MR) is 73.0 cm³/mol. The summed E-state index contributed by atoms with van der Waals surface area (Å²) in [6.45, 7) is 4.15. The number of nitrogens with zero attached hydrogens (tertiary/aromatic N) is 4. The number of anilines is 1. The number of hydrogen-bond donors (Lipinski definition) is 1. The van der Waals surface area contributed by atoms with Crippen molar-refractivity contribution in [2.24, 2.45) is 0 Å². The first-order chi connectivity index (χ1) is 9.70. The van der Waals surface area contributed by atoms with Crippen LogP contribution in [0.1, 0.15) is 13.8 Å². The minimum atomic E-state index is -0.235. The topological polar surface area (TPSA) is 85.8 Å². The Morgan fingerprint density at radius 1 is 1.35 bits per heavy atom. The molecule has 0 aliphatic carbocycles. The molecule has 1 amide bonds. The molecule has 0 aliphatic rings. The highest BCUT2D eigenvalue weighted by molar-refractivity contribution is 5.91. The molecule has 7 heteroatoms. The van der Waals surface area contributed by atoms with E-state index in [1.165, 1.54) is 6.92 Å². The molecule has 2 aromatic heterocycles. The van der Waals surface area contributed by atoms with Gasteiger partial charge >= 0.3 is 0 Å².